The molecule has 6 N–H and O–H groups in total. The van der Waals surface area contributed by atoms with Crippen molar-refractivity contribution in [2.45, 2.75) is 87.7 Å². The number of rotatable bonds is 22. The lowest BCUT2D eigenvalue weighted by Gasteiger charge is -2.39. The van der Waals surface area contributed by atoms with E-state index in [1.54, 1.807) is 109 Å². The zero-order chi connectivity index (χ0) is 71.4. The Morgan fingerprint density at radius 2 is 0.620 bits per heavy atom. The van der Waals surface area contributed by atoms with Crippen molar-refractivity contribution in [2.75, 3.05) is 85.3 Å². The van der Waals surface area contributed by atoms with E-state index in [2.05, 4.69) is 0 Å². The Morgan fingerprint density at radius 3 is 0.890 bits per heavy atom. The van der Waals surface area contributed by atoms with E-state index < -0.39 is 61.7 Å². The minimum Gasteiger partial charge on any atom is -0.496 e. The summed E-state index contributed by atoms with van der Waals surface area (Å²) in [6, 6.07) is 30.6. The van der Waals surface area contributed by atoms with Crippen LogP contribution in [0.25, 0.3) is 0 Å². The molecule has 0 saturated carbocycles. The predicted octanol–water partition coefficient (Wildman–Crippen LogP) is 9.72. The lowest BCUT2D eigenvalue weighted by Crippen LogP contribution is -2.35. The maximum Gasteiger partial charge on any atom is 0.182 e. The Balaban J connectivity index is 0.000000202. The minimum absolute atomic E-state index is 0.110. The Bertz CT molecular complexity index is 4080. The van der Waals surface area contributed by atoms with Gasteiger partial charge in [-0.1, -0.05) is 24.3 Å². The van der Waals surface area contributed by atoms with E-state index in [9.17, 15) is 30.6 Å². The molecule has 0 aliphatic carbocycles. The maximum absolute atomic E-state index is 15.0. The second kappa shape index (κ2) is 30.4. The Hall–Kier alpha value is -10.3. The molecule has 24 heteroatoms. The number of hydrogen-bond acceptors (Lipinski definition) is 24. The summed E-state index contributed by atoms with van der Waals surface area (Å²) in [4.78, 5) is 30.0. The van der Waals surface area contributed by atoms with Crippen molar-refractivity contribution >= 4 is 11.6 Å². The third kappa shape index (κ3) is 12.9. The first kappa shape index (κ1) is 71.0. The highest BCUT2D eigenvalue weighted by Gasteiger charge is 2.49. The fraction of sp³-hybridized carbons (Fsp3) is 0.342. The van der Waals surface area contributed by atoms with Crippen molar-refractivity contribution in [2.24, 2.45) is 0 Å². The highest BCUT2D eigenvalue weighted by atomic mass is 16.5. The van der Waals surface area contributed by atoms with Crippen LogP contribution in [-0.2, 0) is 39.3 Å². The van der Waals surface area contributed by atoms with Crippen molar-refractivity contribution in [3.8, 4) is 92.0 Å². The zero-order valence-corrected chi connectivity index (χ0v) is 57.3. The number of ketones is 2. The molecule has 12 rings (SSSR count). The summed E-state index contributed by atoms with van der Waals surface area (Å²) in [6.07, 6.45) is -5.56. The van der Waals surface area contributed by atoms with Crippen LogP contribution in [0.4, 0.5) is 0 Å². The van der Waals surface area contributed by atoms with Crippen molar-refractivity contribution in [1.29, 1.82) is 0 Å². The van der Waals surface area contributed by atoms with Gasteiger partial charge in [0.2, 0.25) is 0 Å². The summed E-state index contributed by atoms with van der Waals surface area (Å²) in [7, 11) is 18.0. The first-order valence-corrected chi connectivity index (χ1v) is 31.8. The van der Waals surface area contributed by atoms with Crippen LogP contribution in [-0.4, -0.2) is 140 Å². The molecule has 0 saturated heterocycles. The summed E-state index contributed by atoms with van der Waals surface area (Å²) in [5, 5.41) is 64.7. The number of aliphatic hydroxyl groups is 6. The quantitative estimate of drug-likeness (QED) is 0.0368. The second-order valence-corrected chi connectivity index (χ2v) is 23.7. The van der Waals surface area contributed by atoms with Gasteiger partial charge in [0, 0.05) is 35.1 Å². The standard InChI is InChI=1S/2C38H40O12/c2*1-43-25-9-7-20(13-28(25)46-4)36-24(41)16-23-27(45-3)15-22(18-40)32(38(23)50-36)34-35(42)33-30(48-6)11-19(17-39)12-31(33)49-37(34)21-8-10-26(44-2)29(14-21)47-5/h2*7-15,24,34,36-37,39-41H,16-18H2,1-6H3/t24-,34+,36+,37+;24-,34-,36+,37+/m00/s1. The van der Waals surface area contributed by atoms with Gasteiger partial charge < -0.3 is 106 Å². The number of aliphatic hydroxyl groups excluding tert-OH is 6. The molecule has 0 unspecified atom stereocenters. The number of fused-ring (bicyclic) bond motifs is 4. The third-order valence-electron chi connectivity index (χ3n) is 18.5. The van der Waals surface area contributed by atoms with E-state index in [4.69, 9.17) is 75.8 Å². The van der Waals surface area contributed by atoms with Crippen LogP contribution in [0.5, 0.6) is 92.0 Å². The molecule has 8 aromatic rings. The number of carbonyl (C=O) groups is 2. The van der Waals surface area contributed by atoms with Crippen LogP contribution in [0.15, 0.2) is 109 Å². The Morgan fingerprint density at radius 1 is 0.330 bits per heavy atom. The van der Waals surface area contributed by atoms with Gasteiger partial charge in [0.05, 0.1) is 136 Å². The van der Waals surface area contributed by atoms with Gasteiger partial charge in [-0.05, 0) is 129 Å². The molecule has 528 valence electrons. The number of carbonyl (C=O) groups excluding carboxylic acids is 2. The summed E-state index contributed by atoms with van der Waals surface area (Å²) in [5.74, 6) is 2.98. The van der Waals surface area contributed by atoms with Gasteiger partial charge in [-0.15, -0.1) is 0 Å². The van der Waals surface area contributed by atoms with E-state index in [0.717, 1.165) is 0 Å². The molecule has 0 spiro atoms. The lowest BCUT2D eigenvalue weighted by molar-refractivity contribution is 0.0177. The van der Waals surface area contributed by atoms with Crippen LogP contribution >= 0.6 is 0 Å². The highest BCUT2D eigenvalue weighted by Crippen LogP contribution is 2.57. The largest absolute Gasteiger partial charge is 0.496 e. The fourth-order valence-corrected chi connectivity index (χ4v) is 13.7. The van der Waals surface area contributed by atoms with E-state index >= 15 is 9.59 Å². The minimum atomic E-state index is -1.10. The van der Waals surface area contributed by atoms with Gasteiger partial charge in [-0.25, -0.2) is 0 Å². The van der Waals surface area contributed by atoms with Gasteiger partial charge in [0.15, 0.2) is 57.6 Å². The Labute approximate surface area is 577 Å². The van der Waals surface area contributed by atoms with Gasteiger partial charge in [0.25, 0.3) is 0 Å². The van der Waals surface area contributed by atoms with E-state index in [1.165, 1.54) is 85.3 Å². The normalized spacial score (nSPS) is 19.3. The zero-order valence-electron chi connectivity index (χ0n) is 57.3. The van der Waals surface area contributed by atoms with E-state index in [0.29, 0.717) is 124 Å². The van der Waals surface area contributed by atoms with Gasteiger partial charge in [-0.2, -0.15) is 0 Å². The molecule has 24 nitrogen and oxygen atoms in total. The molecule has 0 radical (unpaired) electrons. The lowest BCUT2D eigenvalue weighted by atomic mass is 9.76. The molecule has 0 bridgehead atoms. The molecule has 0 fully saturated rings. The summed E-state index contributed by atoms with van der Waals surface area (Å²) in [5.41, 5.74) is 6.19. The smallest absolute Gasteiger partial charge is 0.182 e. The molecule has 8 atom stereocenters. The van der Waals surface area contributed by atoms with Crippen molar-refractivity contribution in [3.63, 3.8) is 0 Å². The first-order valence-electron chi connectivity index (χ1n) is 31.8. The number of methoxy groups -OCH3 is 12. The molecule has 100 heavy (non-hydrogen) atoms. The van der Waals surface area contributed by atoms with Crippen molar-refractivity contribution in [3.05, 3.63) is 187 Å². The van der Waals surface area contributed by atoms with Crippen LogP contribution in [0, 0.1) is 0 Å². The molecule has 4 heterocycles. The summed E-state index contributed by atoms with van der Waals surface area (Å²) < 4.78 is 93.6. The molecule has 0 amide bonds. The number of ether oxygens (including phenoxy) is 16. The van der Waals surface area contributed by atoms with Crippen LogP contribution in [0.1, 0.15) is 124 Å². The molecule has 8 aromatic carbocycles. The van der Waals surface area contributed by atoms with Crippen molar-refractivity contribution in [1.82, 2.24) is 0 Å². The Kier molecular flexibility index (Phi) is 21.6. The second-order valence-electron chi connectivity index (χ2n) is 23.7. The molecule has 4 aliphatic rings. The monoisotopic (exact) mass is 1380 g/mol. The maximum atomic E-state index is 15.0. The van der Waals surface area contributed by atoms with Crippen LogP contribution in [0.2, 0.25) is 0 Å². The summed E-state index contributed by atoms with van der Waals surface area (Å²) >= 11 is 0. The van der Waals surface area contributed by atoms with E-state index in [1.807, 2.05) is 0 Å². The van der Waals surface area contributed by atoms with Gasteiger partial charge in [0.1, 0.15) is 81.5 Å². The van der Waals surface area contributed by atoms with Gasteiger partial charge in [-0.3, -0.25) is 9.59 Å². The fourth-order valence-electron chi connectivity index (χ4n) is 13.7. The highest BCUT2D eigenvalue weighted by molar-refractivity contribution is 6.08. The number of benzene rings is 8. The van der Waals surface area contributed by atoms with E-state index in [-0.39, 0.29) is 83.2 Å². The predicted molar refractivity (Wildman–Crippen MR) is 361 cm³/mol. The topological polar surface area (TPSA) is 303 Å². The third-order valence-corrected chi connectivity index (χ3v) is 18.5. The van der Waals surface area contributed by atoms with Crippen LogP contribution < -0.4 is 75.8 Å². The number of hydrogen-bond donors (Lipinski definition) is 6. The molecule has 0 aromatic heterocycles. The molecule has 4 aliphatic heterocycles. The summed E-state index contributed by atoms with van der Waals surface area (Å²) in [6.45, 7) is -1.55. The average Bonchev–Trinajstić information content (AvgIpc) is 0.731. The molecular formula is C76H80O24. The SMILES string of the molecule is COc1ccc([C@H]2Oc3c(c(OC)cc(CO)c3[C@@H]3C(=O)c4c(OC)cc(CO)cc4O[C@@H]3c3ccc(OC)c(OC)c3)C[C@@H]2O)cc1OC.COc1ccc([C@H]2Oc3cc(CO)cc(OC)c3C(=O)[C@@H]2c2c(CO)cc(OC)c3c2O[C@H](c2ccc(OC)c(OC)c2)[C@@H](O)C3)cc1OC. The van der Waals surface area contributed by atoms with Crippen molar-refractivity contribution < 1.29 is 116 Å². The van der Waals surface area contributed by atoms with Gasteiger partial charge >= 0.3 is 0 Å². The average molecular weight is 1380 g/mol. The van der Waals surface area contributed by atoms with Crippen LogP contribution in [0.3, 0.4) is 0 Å². The first-order chi connectivity index (χ1) is 48.5. The number of Topliss-reactive ketones (excluding diaryl/α,β-unsaturated/α-hetero) is 2. The molecular weight excluding hydrogens is 1300 g/mol.